The molecule has 0 bridgehead atoms. The molecule has 1 aromatic rings. The molecule has 116 valence electrons. The van der Waals surface area contributed by atoms with Crippen LogP contribution in [0.1, 0.15) is 26.3 Å². The summed E-state index contributed by atoms with van der Waals surface area (Å²) in [6.07, 6.45) is -0.565. The first-order chi connectivity index (χ1) is 9.71. The number of benzene rings is 1. The van der Waals surface area contributed by atoms with E-state index < -0.39 is 17.7 Å². The number of carbonyl (C=O) groups excluding carboxylic acids is 2. The molecule has 0 spiro atoms. The van der Waals surface area contributed by atoms with Gasteiger partial charge in [0.2, 0.25) is 0 Å². The van der Waals surface area contributed by atoms with E-state index in [0.717, 1.165) is 5.56 Å². The van der Waals surface area contributed by atoms with Crippen LogP contribution >= 0.6 is 0 Å². The van der Waals surface area contributed by atoms with Crippen LogP contribution in [0.5, 0.6) is 0 Å². The summed E-state index contributed by atoms with van der Waals surface area (Å²) in [6, 6.07) is 7.06. The van der Waals surface area contributed by atoms with Gasteiger partial charge in [0, 0.05) is 12.2 Å². The van der Waals surface area contributed by atoms with Gasteiger partial charge in [-0.2, -0.15) is 0 Å². The van der Waals surface area contributed by atoms with Crippen LogP contribution in [-0.4, -0.2) is 36.2 Å². The normalized spacial score (nSPS) is 10.9. The average Bonchev–Trinajstić information content (AvgIpc) is 2.38. The summed E-state index contributed by atoms with van der Waals surface area (Å²) >= 11 is 0. The topological polar surface area (TPSA) is 81.9 Å². The van der Waals surface area contributed by atoms with Crippen molar-refractivity contribution < 1.29 is 19.1 Å². The lowest BCUT2D eigenvalue weighted by Gasteiger charge is -2.26. The fraction of sp³-hybridized carbons (Fsp3) is 0.467. The van der Waals surface area contributed by atoms with Crippen LogP contribution in [0.25, 0.3) is 0 Å². The Kier molecular flexibility index (Phi) is 5.58. The molecule has 0 atom stereocenters. The SMILES string of the molecule is COC(=O)CN(Cc1ccc(N)cc1)C(=O)OC(C)(C)C. The highest BCUT2D eigenvalue weighted by Crippen LogP contribution is 2.14. The van der Waals surface area contributed by atoms with Crippen molar-refractivity contribution in [2.75, 3.05) is 19.4 Å². The molecule has 0 aromatic heterocycles. The van der Waals surface area contributed by atoms with Crippen molar-refractivity contribution in [3.63, 3.8) is 0 Å². The summed E-state index contributed by atoms with van der Waals surface area (Å²) in [7, 11) is 1.28. The molecular formula is C15H22N2O4. The highest BCUT2D eigenvalue weighted by Gasteiger charge is 2.24. The van der Waals surface area contributed by atoms with Crippen LogP contribution in [0.15, 0.2) is 24.3 Å². The van der Waals surface area contributed by atoms with Crippen LogP contribution < -0.4 is 5.73 Å². The van der Waals surface area contributed by atoms with Crippen molar-refractivity contribution in [2.24, 2.45) is 0 Å². The molecule has 0 saturated carbocycles. The molecule has 0 radical (unpaired) electrons. The van der Waals surface area contributed by atoms with Gasteiger partial charge in [-0.05, 0) is 38.5 Å². The number of rotatable bonds is 4. The van der Waals surface area contributed by atoms with Crippen molar-refractivity contribution in [1.29, 1.82) is 0 Å². The smallest absolute Gasteiger partial charge is 0.411 e. The molecule has 0 fully saturated rings. The Morgan fingerprint density at radius 2 is 1.76 bits per heavy atom. The van der Waals surface area contributed by atoms with E-state index in [1.165, 1.54) is 12.0 Å². The predicted molar refractivity (Wildman–Crippen MR) is 79.5 cm³/mol. The first-order valence-corrected chi connectivity index (χ1v) is 6.60. The van der Waals surface area contributed by atoms with E-state index in [2.05, 4.69) is 4.74 Å². The minimum Gasteiger partial charge on any atom is -0.468 e. The molecule has 0 aliphatic heterocycles. The lowest BCUT2D eigenvalue weighted by atomic mass is 10.2. The molecule has 6 nitrogen and oxygen atoms in total. The van der Waals surface area contributed by atoms with Gasteiger partial charge in [-0.3, -0.25) is 9.69 Å². The largest absolute Gasteiger partial charge is 0.468 e. The van der Waals surface area contributed by atoms with Crippen LogP contribution in [-0.2, 0) is 20.8 Å². The lowest BCUT2D eigenvalue weighted by Crippen LogP contribution is -2.39. The fourth-order valence-electron chi connectivity index (χ4n) is 1.58. The molecule has 1 amide bonds. The summed E-state index contributed by atoms with van der Waals surface area (Å²) in [4.78, 5) is 24.9. The lowest BCUT2D eigenvalue weighted by molar-refractivity contribution is -0.142. The van der Waals surface area contributed by atoms with Crippen molar-refractivity contribution in [2.45, 2.75) is 32.9 Å². The Bertz CT molecular complexity index is 491. The van der Waals surface area contributed by atoms with Crippen molar-refractivity contribution in [3.8, 4) is 0 Å². The Morgan fingerprint density at radius 3 is 2.24 bits per heavy atom. The minimum atomic E-state index is -0.632. The molecule has 0 unspecified atom stereocenters. The van der Waals surface area contributed by atoms with E-state index >= 15 is 0 Å². The highest BCUT2D eigenvalue weighted by molar-refractivity contribution is 5.78. The number of hydrogen-bond donors (Lipinski definition) is 1. The second-order valence-electron chi connectivity index (χ2n) is 5.65. The number of amides is 1. The van der Waals surface area contributed by atoms with E-state index in [9.17, 15) is 9.59 Å². The quantitative estimate of drug-likeness (QED) is 0.680. The van der Waals surface area contributed by atoms with Gasteiger partial charge in [0.05, 0.1) is 7.11 Å². The molecule has 0 heterocycles. The number of ether oxygens (including phenoxy) is 2. The van der Waals surface area contributed by atoms with E-state index in [-0.39, 0.29) is 13.1 Å². The molecular weight excluding hydrogens is 272 g/mol. The fourth-order valence-corrected chi connectivity index (χ4v) is 1.58. The third kappa shape index (κ3) is 6.16. The summed E-state index contributed by atoms with van der Waals surface area (Å²) in [5, 5.41) is 0. The second-order valence-corrected chi connectivity index (χ2v) is 5.65. The zero-order chi connectivity index (χ0) is 16.0. The second kappa shape index (κ2) is 6.97. The Labute approximate surface area is 124 Å². The van der Waals surface area contributed by atoms with Crippen molar-refractivity contribution in [3.05, 3.63) is 29.8 Å². The van der Waals surface area contributed by atoms with Gasteiger partial charge in [0.25, 0.3) is 0 Å². The maximum Gasteiger partial charge on any atom is 0.411 e. The van der Waals surface area contributed by atoms with Gasteiger partial charge < -0.3 is 15.2 Å². The zero-order valence-electron chi connectivity index (χ0n) is 12.9. The molecule has 1 aromatic carbocycles. The van der Waals surface area contributed by atoms with Crippen molar-refractivity contribution in [1.82, 2.24) is 4.90 Å². The van der Waals surface area contributed by atoms with Crippen LogP contribution in [0.2, 0.25) is 0 Å². The molecule has 0 aliphatic carbocycles. The van der Waals surface area contributed by atoms with Gasteiger partial charge in [0.1, 0.15) is 12.1 Å². The molecule has 21 heavy (non-hydrogen) atoms. The van der Waals surface area contributed by atoms with E-state index in [0.29, 0.717) is 5.69 Å². The number of anilines is 1. The van der Waals surface area contributed by atoms with Crippen LogP contribution in [0.3, 0.4) is 0 Å². The number of esters is 1. The maximum atomic E-state index is 12.2. The average molecular weight is 294 g/mol. The number of methoxy groups -OCH3 is 1. The van der Waals surface area contributed by atoms with Crippen molar-refractivity contribution >= 4 is 17.7 Å². The third-order valence-electron chi connectivity index (χ3n) is 2.55. The number of carbonyl (C=O) groups is 2. The van der Waals surface area contributed by atoms with Crippen LogP contribution in [0.4, 0.5) is 10.5 Å². The summed E-state index contributed by atoms with van der Waals surface area (Å²) in [5.74, 6) is -0.503. The molecule has 0 aliphatic rings. The summed E-state index contributed by atoms with van der Waals surface area (Å²) in [6.45, 7) is 5.37. The molecule has 1 rings (SSSR count). The summed E-state index contributed by atoms with van der Waals surface area (Å²) < 4.78 is 9.91. The Hall–Kier alpha value is -2.24. The Balaban J connectivity index is 2.83. The standard InChI is InChI=1S/C15H22N2O4/c1-15(2,3)21-14(19)17(10-13(18)20-4)9-11-5-7-12(16)8-6-11/h5-8H,9-10,16H2,1-4H3. The predicted octanol–water partition coefficient (Wildman–Crippen LogP) is 2.18. The van der Waals surface area contributed by atoms with E-state index in [4.69, 9.17) is 10.5 Å². The zero-order valence-corrected chi connectivity index (χ0v) is 12.9. The number of hydrogen-bond acceptors (Lipinski definition) is 5. The maximum absolute atomic E-state index is 12.2. The first kappa shape index (κ1) is 16.8. The highest BCUT2D eigenvalue weighted by atomic mass is 16.6. The third-order valence-corrected chi connectivity index (χ3v) is 2.55. The number of nitrogen functional groups attached to an aromatic ring is 1. The molecule has 2 N–H and O–H groups in total. The van der Waals surface area contributed by atoms with E-state index in [1.807, 2.05) is 0 Å². The van der Waals surface area contributed by atoms with Gasteiger partial charge >= 0.3 is 12.1 Å². The van der Waals surface area contributed by atoms with Gasteiger partial charge in [-0.25, -0.2) is 4.79 Å². The van der Waals surface area contributed by atoms with Gasteiger partial charge in [-0.15, -0.1) is 0 Å². The number of nitrogens with zero attached hydrogens (tertiary/aromatic N) is 1. The molecule has 6 heteroatoms. The van der Waals surface area contributed by atoms with E-state index in [1.54, 1.807) is 45.0 Å². The first-order valence-electron chi connectivity index (χ1n) is 6.60. The minimum absolute atomic E-state index is 0.171. The summed E-state index contributed by atoms with van der Waals surface area (Å²) in [5.41, 5.74) is 6.47. The van der Waals surface area contributed by atoms with Gasteiger partial charge in [0.15, 0.2) is 0 Å². The van der Waals surface area contributed by atoms with Crippen LogP contribution in [0, 0.1) is 0 Å². The number of nitrogens with two attached hydrogens (primary N) is 1. The molecule has 0 saturated heterocycles. The monoisotopic (exact) mass is 294 g/mol. The van der Waals surface area contributed by atoms with Gasteiger partial charge in [-0.1, -0.05) is 12.1 Å². The Morgan fingerprint density at radius 1 is 1.19 bits per heavy atom.